The number of ether oxygens (including phenoxy) is 1. The van der Waals surface area contributed by atoms with E-state index in [2.05, 4.69) is 25.8 Å². The van der Waals surface area contributed by atoms with Gasteiger partial charge in [-0.25, -0.2) is 4.79 Å². The van der Waals surface area contributed by atoms with E-state index in [-0.39, 0.29) is 30.1 Å². The molecule has 1 amide bonds. The Kier molecular flexibility index (Phi) is 8.17. The first-order chi connectivity index (χ1) is 16.6. The van der Waals surface area contributed by atoms with Gasteiger partial charge in [-0.15, -0.1) is 0 Å². The molecule has 0 aliphatic rings. The van der Waals surface area contributed by atoms with Gasteiger partial charge in [0, 0.05) is 6.54 Å². The number of benzene rings is 2. The number of nitrogens with one attached hydrogen (secondary N) is 1. The first-order valence-electron chi connectivity index (χ1n) is 11.8. The molecule has 186 valence electrons. The van der Waals surface area contributed by atoms with E-state index in [0.29, 0.717) is 18.7 Å². The molecule has 3 aromatic rings. The third kappa shape index (κ3) is 6.41. The highest BCUT2D eigenvalue weighted by Crippen LogP contribution is 2.25. The average molecular weight is 479 g/mol. The van der Waals surface area contributed by atoms with Crippen molar-refractivity contribution >= 4 is 17.4 Å². The van der Waals surface area contributed by atoms with Crippen LogP contribution in [0.4, 0.5) is 11.5 Å². The molecular formula is C27H34N4O4. The van der Waals surface area contributed by atoms with E-state index in [1.165, 1.54) is 9.47 Å². The van der Waals surface area contributed by atoms with Crippen molar-refractivity contribution in [2.75, 3.05) is 17.2 Å². The lowest BCUT2D eigenvalue weighted by molar-refractivity contribution is -0.120. The van der Waals surface area contributed by atoms with Crippen LogP contribution in [0.5, 0.6) is 5.75 Å². The largest absolute Gasteiger partial charge is 0.484 e. The van der Waals surface area contributed by atoms with Crippen LogP contribution >= 0.6 is 0 Å². The van der Waals surface area contributed by atoms with Gasteiger partial charge in [0.15, 0.2) is 12.3 Å². The van der Waals surface area contributed by atoms with Gasteiger partial charge in [0.1, 0.15) is 11.6 Å². The molecule has 8 nitrogen and oxygen atoms in total. The zero-order valence-electron chi connectivity index (χ0n) is 20.8. The topological polar surface area (TPSA) is 110 Å². The lowest BCUT2D eigenvalue weighted by Crippen LogP contribution is -2.42. The fourth-order valence-electron chi connectivity index (χ4n) is 3.71. The Morgan fingerprint density at radius 2 is 1.71 bits per heavy atom. The van der Waals surface area contributed by atoms with E-state index < -0.39 is 17.2 Å². The summed E-state index contributed by atoms with van der Waals surface area (Å²) in [6, 6.07) is 16.8. The number of nitrogen functional groups attached to an aromatic ring is 1. The molecule has 0 unspecified atom stereocenters. The number of nitrogens with two attached hydrogens (primary N) is 1. The van der Waals surface area contributed by atoms with Crippen LogP contribution in [0.3, 0.4) is 0 Å². The fraction of sp³-hybridized carbons (Fsp3) is 0.370. The van der Waals surface area contributed by atoms with Crippen LogP contribution in [-0.2, 0) is 23.3 Å². The minimum absolute atomic E-state index is 0.000260. The summed E-state index contributed by atoms with van der Waals surface area (Å²) in [6.07, 6.45) is 1.55. The number of aromatic nitrogens is 2. The Morgan fingerprint density at radius 3 is 2.31 bits per heavy atom. The Hall–Kier alpha value is -3.81. The lowest BCUT2D eigenvalue weighted by atomic mass is 9.87. The molecule has 0 atom stereocenters. The van der Waals surface area contributed by atoms with Gasteiger partial charge < -0.3 is 10.5 Å². The van der Waals surface area contributed by atoms with Crippen LogP contribution in [0.25, 0.3) is 0 Å². The highest BCUT2D eigenvalue weighted by Gasteiger charge is 2.25. The van der Waals surface area contributed by atoms with E-state index in [4.69, 9.17) is 10.5 Å². The molecule has 8 heteroatoms. The summed E-state index contributed by atoms with van der Waals surface area (Å²) < 4.78 is 7.06. The molecule has 0 spiro atoms. The van der Waals surface area contributed by atoms with Crippen molar-refractivity contribution in [2.24, 2.45) is 0 Å². The highest BCUT2D eigenvalue weighted by atomic mass is 16.5. The molecule has 3 rings (SSSR count). The van der Waals surface area contributed by atoms with E-state index in [1.54, 1.807) is 0 Å². The second kappa shape index (κ2) is 11.1. The van der Waals surface area contributed by atoms with Gasteiger partial charge in [0.25, 0.3) is 11.5 Å². The van der Waals surface area contributed by atoms with Gasteiger partial charge in [-0.3, -0.25) is 24.0 Å². The SMILES string of the molecule is CCCCn1c(N)c(N(Cc2ccccc2)C(=O)COc2ccc(C(C)(C)C)cc2)c(=O)[nH]c1=O. The van der Waals surface area contributed by atoms with Gasteiger partial charge in [0.05, 0.1) is 6.54 Å². The maximum Gasteiger partial charge on any atom is 0.330 e. The first kappa shape index (κ1) is 25.8. The molecule has 3 N–H and O–H groups in total. The summed E-state index contributed by atoms with van der Waals surface area (Å²) in [4.78, 5) is 42.2. The van der Waals surface area contributed by atoms with Crippen molar-refractivity contribution < 1.29 is 9.53 Å². The number of rotatable bonds is 9. The Bertz CT molecular complexity index is 1260. The maximum atomic E-state index is 13.4. The summed E-state index contributed by atoms with van der Waals surface area (Å²) in [5.74, 6) is 0.0541. The number of H-pyrrole nitrogens is 1. The standard InChI is InChI=1S/C27H34N4O4/c1-5-6-16-30-24(28)23(25(33)29-26(30)34)31(17-19-10-8-7-9-11-19)22(32)18-35-21-14-12-20(13-15-21)27(2,3)4/h7-15H,5-6,16-18,28H2,1-4H3,(H,29,33,34). The zero-order valence-corrected chi connectivity index (χ0v) is 20.8. The number of amides is 1. The fourth-order valence-corrected chi connectivity index (χ4v) is 3.71. The molecule has 0 radical (unpaired) electrons. The quantitative estimate of drug-likeness (QED) is 0.486. The van der Waals surface area contributed by atoms with E-state index in [1.807, 2.05) is 61.5 Å². The molecule has 0 aliphatic carbocycles. The summed E-state index contributed by atoms with van der Waals surface area (Å²) in [6.45, 7) is 8.50. The summed E-state index contributed by atoms with van der Waals surface area (Å²) in [7, 11) is 0. The van der Waals surface area contributed by atoms with Crippen molar-refractivity contribution in [1.29, 1.82) is 0 Å². The van der Waals surface area contributed by atoms with Gasteiger partial charge in [-0.05, 0) is 35.1 Å². The normalized spacial score (nSPS) is 11.3. The van der Waals surface area contributed by atoms with Gasteiger partial charge in [0.2, 0.25) is 0 Å². The smallest absolute Gasteiger partial charge is 0.330 e. The Morgan fingerprint density at radius 1 is 1.06 bits per heavy atom. The van der Waals surface area contributed by atoms with E-state index >= 15 is 0 Å². The van der Waals surface area contributed by atoms with Gasteiger partial charge in [-0.1, -0.05) is 76.6 Å². The molecule has 0 bridgehead atoms. The third-order valence-corrected chi connectivity index (χ3v) is 5.79. The van der Waals surface area contributed by atoms with Gasteiger partial charge >= 0.3 is 5.69 Å². The third-order valence-electron chi connectivity index (χ3n) is 5.79. The highest BCUT2D eigenvalue weighted by molar-refractivity contribution is 5.96. The number of aromatic amines is 1. The molecule has 0 saturated heterocycles. The number of carbonyl (C=O) groups excluding carboxylic acids is 1. The number of hydrogen-bond acceptors (Lipinski definition) is 5. The summed E-state index contributed by atoms with van der Waals surface area (Å²) in [5.41, 5.74) is 6.89. The van der Waals surface area contributed by atoms with Crippen LogP contribution in [0.15, 0.2) is 64.2 Å². The number of hydrogen-bond donors (Lipinski definition) is 2. The molecule has 2 aromatic carbocycles. The number of nitrogens with zero attached hydrogens (tertiary/aromatic N) is 2. The van der Waals surface area contributed by atoms with E-state index in [0.717, 1.165) is 17.5 Å². The Labute approximate surface area is 205 Å². The predicted molar refractivity (Wildman–Crippen MR) is 139 cm³/mol. The molecule has 0 fully saturated rings. The molecule has 0 aliphatic heterocycles. The lowest BCUT2D eigenvalue weighted by Gasteiger charge is -2.25. The first-order valence-corrected chi connectivity index (χ1v) is 11.8. The van der Waals surface area contributed by atoms with Crippen molar-refractivity contribution in [1.82, 2.24) is 9.55 Å². The molecule has 0 saturated carbocycles. The van der Waals surface area contributed by atoms with Crippen molar-refractivity contribution in [2.45, 2.75) is 59.0 Å². The molecule has 1 heterocycles. The van der Waals surface area contributed by atoms with Crippen LogP contribution in [0.2, 0.25) is 0 Å². The number of anilines is 2. The summed E-state index contributed by atoms with van der Waals surface area (Å²) >= 11 is 0. The number of unbranched alkanes of at least 4 members (excludes halogenated alkanes) is 1. The van der Waals surface area contributed by atoms with Crippen LogP contribution in [0, 0.1) is 0 Å². The van der Waals surface area contributed by atoms with Crippen LogP contribution < -0.4 is 26.6 Å². The monoisotopic (exact) mass is 478 g/mol. The second-order valence-electron chi connectivity index (χ2n) is 9.53. The van der Waals surface area contributed by atoms with Crippen molar-refractivity contribution in [3.63, 3.8) is 0 Å². The van der Waals surface area contributed by atoms with Crippen molar-refractivity contribution in [3.8, 4) is 5.75 Å². The van der Waals surface area contributed by atoms with E-state index in [9.17, 15) is 14.4 Å². The maximum absolute atomic E-state index is 13.4. The molecule has 35 heavy (non-hydrogen) atoms. The zero-order chi connectivity index (χ0) is 25.6. The number of carbonyl (C=O) groups is 1. The van der Waals surface area contributed by atoms with Crippen molar-refractivity contribution in [3.05, 3.63) is 86.6 Å². The van der Waals surface area contributed by atoms with Crippen LogP contribution in [-0.4, -0.2) is 22.1 Å². The average Bonchev–Trinajstić information content (AvgIpc) is 2.82. The van der Waals surface area contributed by atoms with Gasteiger partial charge in [-0.2, -0.15) is 0 Å². The minimum atomic E-state index is -0.709. The Balaban J connectivity index is 1.92. The minimum Gasteiger partial charge on any atom is -0.484 e. The molecule has 1 aromatic heterocycles. The second-order valence-corrected chi connectivity index (χ2v) is 9.53. The molecular weight excluding hydrogens is 444 g/mol. The predicted octanol–water partition coefficient (Wildman–Crippen LogP) is 3.83. The summed E-state index contributed by atoms with van der Waals surface area (Å²) in [5, 5.41) is 0. The van der Waals surface area contributed by atoms with Crippen LogP contribution in [0.1, 0.15) is 51.7 Å².